The predicted octanol–water partition coefficient (Wildman–Crippen LogP) is 5.20. The van der Waals surface area contributed by atoms with Gasteiger partial charge in [-0.1, -0.05) is 48.5 Å². The van der Waals surface area contributed by atoms with E-state index in [1.54, 1.807) is 12.3 Å². The molecule has 2 amide bonds. The minimum absolute atomic E-state index is 0.0425. The molecule has 194 valence electrons. The van der Waals surface area contributed by atoms with Gasteiger partial charge in [-0.25, -0.2) is 0 Å². The average Bonchev–Trinajstić information content (AvgIpc) is 3.50. The summed E-state index contributed by atoms with van der Waals surface area (Å²) in [4.78, 5) is 30.5. The number of hydrogen-bond donors (Lipinski definition) is 2. The van der Waals surface area contributed by atoms with Gasteiger partial charge in [0.05, 0.1) is 11.8 Å². The minimum Gasteiger partial charge on any atom is -0.464 e. The Labute approximate surface area is 223 Å². The van der Waals surface area contributed by atoms with Gasteiger partial charge >= 0.3 is 0 Å². The first-order valence-corrected chi connectivity index (χ1v) is 13.0. The highest BCUT2D eigenvalue weighted by Crippen LogP contribution is 2.27. The number of hydrogen-bond acceptors (Lipinski definition) is 5. The molecule has 1 saturated heterocycles. The second-order valence-electron chi connectivity index (χ2n) is 9.25. The third kappa shape index (κ3) is 5.63. The lowest BCUT2D eigenvalue weighted by atomic mass is 10.0. The number of anilines is 2. The molecule has 0 aliphatic carbocycles. The molecule has 0 saturated carbocycles. The Balaban J connectivity index is 1.22. The Kier molecular flexibility index (Phi) is 7.85. The first-order valence-electron chi connectivity index (χ1n) is 13.0. The number of nitrogens with one attached hydrogen (secondary N) is 2. The Morgan fingerprint density at radius 3 is 2.24 bits per heavy atom. The molecule has 7 nitrogen and oxygen atoms in total. The van der Waals surface area contributed by atoms with Gasteiger partial charge in [-0.3, -0.25) is 14.5 Å². The summed E-state index contributed by atoms with van der Waals surface area (Å²) in [5, 5.41) is 6.00. The topological polar surface area (TPSA) is 77.8 Å². The van der Waals surface area contributed by atoms with Crippen LogP contribution in [0.3, 0.4) is 0 Å². The fourth-order valence-electron chi connectivity index (χ4n) is 4.95. The SMILES string of the molecule is CCNC(=O)C(c1ccccc1)N1CCN(c2ccc(NC(=O)c3ccccc3-c3ccco3)cc2)CC1. The number of furan rings is 1. The molecule has 0 bridgehead atoms. The van der Waals surface area contributed by atoms with Crippen LogP contribution in [-0.2, 0) is 4.79 Å². The number of rotatable bonds is 8. The van der Waals surface area contributed by atoms with Crippen molar-refractivity contribution in [1.82, 2.24) is 10.2 Å². The Bertz CT molecular complexity index is 1350. The molecule has 1 unspecified atom stereocenters. The van der Waals surface area contributed by atoms with E-state index in [9.17, 15) is 9.59 Å². The zero-order valence-electron chi connectivity index (χ0n) is 21.5. The second-order valence-corrected chi connectivity index (χ2v) is 9.25. The van der Waals surface area contributed by atoms with Crippen molar-refractivity contribution in [3.63, 3.8) is 0 Å². The summed E-state index contributed by atoms with van der Waals surface area (Å²) in [6, 6.07) is 28.7. The van der Waals surface area contributed by atoms with Crippen LogP contribution in [0.2, 0.25) is 0 Å². The molecule has 4 aromatic rings. The highest BCUT2D eigenvalue weighted by atomic mass is 16.3. The van der Waals surface area contributed by atoms with Crippen LogP contribution in [0.15, 0.2) is 102 Å². The molecule has 1 atom stereocenters. The van der Waals surface area contributed by atoms with E-state index in [1.165, 1.54) is 0 Å². The average molecular weight is 509 g/mol. The standard InChI is InChI=1S/C31H32N4O3/c1-2-32-31(37)29(23-9-4-3-5-10-23)35-20-18-34(19-21-35)25-16-14-24(15-17-25)33-30(36)27-12-7-6-11-26(27)28-13-8-22-38-28/h3-17,22,29H,2,18-21H2,1H3,(H,32,37)(H,33,36). The molecule has 5 rings (SSSR count). The zero-order valence-corrected chi connectivity index (χ0v) is 21.5. The van der Waals surface area contributed by atoms with Crippen molar-refractivity contribution in [2.75, 3.05) is 42.9 Å². The molecule has 1 fully saturated rings. The summed E-state index contributed by atoms with van der Waals surface area (Å²) in [5.41, 5.74) is 4.15. The molecule has 7 heteroatoms. The summed E-state index contributed by atoms with van der Waals surface area (Å²) in [5.74, 6) is 0.517. The molecule has 2 N–H and O–H groups in total. The van der Waals surface area contributed by atoms with E-state index in [2.05, 4.69) is 20.4 Å². The van der Waals surface area contributed by atoms with Crippen LogP contribution in [0.1, 0.15) is 28.9 Å². The fraction of sp³-hybridized carbons (Fsp3) is 0.226. The van der Waals surface area contributed by atoms with Gasteiger partial charge in [0, 0.05) is 49.7 Å². The van der Waals surface area contributed by atoms with E-state index in [1.807, 2.05) is 91.9 Å². The molecule has 1 aliphatic heterocycles. The molecular formula is C31H32N4O3. The number of carbonyl (C=O) groups excluding carboxylic acids is 2. The summed E-state index contributed by atoms with van der Waals surface area (Å²) in [7, 11) is 0. The van der Waals surface area contributed by atoms with E-state index in [0.29, 0.717) is 17.9 Å². The highest BCUT2D eigenvalue weighted by molar-refractivity contribution is 6.08. The van der Waals surface area contributed by atoms with Gasteiger partial charge < -0.3 is 20.0 Å². The van der Waals surface area contributed by atoms with Gasteiger partial charge in [0.2, 0.25) is 5.91 Å². The maximum absolute atomic E-state index is 13.0. The van der Waals surface area contributed by atoms with Crippen LogP contribution in [0, 0.1) is 0 Å². The van der Waals surface area contributed by atoms with E-state index in [4.69, 9.17) is 4.42 Å². The largest absolute Gasteiger partial charge is 0.464 e. The van der Waals surface area contributed by atoms with Gasteiger partial charge in [-0.05, 0) is 55.0 Å². The van der Waals surface area contributed by atoms with E-state index in [-0.39, 0.29) is 17.9 Å². The molecule has 1 aliphatic rings. The van der Waals surface area contributed by atoms with Crippen LogP contribution in [-0.4, -0.2) is 49.4 Å². The van der Waals surface area contributed by atoms with Crippen molar-refractivity contribution in [1.29, 1.82) is 0 Å². The van der Waals surface area contributed by atoms with E-state index >= 15 is 0 Å². The first kappa shape index (κ1) is 25.3. The molecule has 38 heavy (non-hydrogen) atoms. The Hall–Kier alpha value is -4.36. The number of carbonyl (C=O) groups is 2. The maximum Gasteiger partial charge on any atom is 0.256 e. The Morgan fingerprint density at radius 1 is 0.842 bits per heavy atom. The normalized spacial score (nSPS) is 14.6. The lowest BCUT2D eigenvalue weighted by Gasteiger charge is -2.39. The monoisotopic (exact) mass is 508 g/mol. The third-order valence-electron chi connectivity index (χ3n) is 6.84. The number of amides is 2. The van der Waals surface area contributed by atoms with Gasteiger partial charge in [0.15, 0.2) is 0 Å². The van der Waals surface area contributed by atoms with Gasteiger partial charge in [-0.15, -0.1) is 0 Å². The lowest BCUT2D eigenvalue weighted by molar-refractivity contribution is -0.126. The number of piperazine rings is 1. The Morgan fingerprint density at radius 2 is 1.55 bits per heavy atom. The van der Waals surface area contributed by atoms with Gasteiger partial charge in [-0.2, -0.15) is 0 Å². The van der Waals surface area contributed by atoms with Crippen LogP contribution in [0.4, 0.5) is 11.4 Å². The van der Waals surface area contributed by atoms with E-state index < -0.39 is 0 Å². The summed E-state index contributed by atoms with van der Waals surface area (Å²) in [6.45, 7) is 5.73. The molecule has 0 spiro atoms. The van der Waals surface area contributed by atoms with Gasteiger partial charge in [0.25, 0.3) is 5.91 Å². The van der Waals surface area contributed by atoms with Crippen LogP contribution in [0.25, 0.3) is 11.3 Å². The number of nitrogens with zero attached hydrogens (tertiary/aromatic N) is 2. The van der Waals surface area contributed by atoms with Gasteiger partial charge in [0.1, 0.15) is 11.8 Å². The first-order chi connectivity index (χ1) is 18.6. The van der Waals surface area contributed by atoms with Crippen molar-refractivity contribution in [3.05, 3.63) is 108 Å². The molecule has 0 radical (unpaired) electrons. The minimum atomic E-state index is -0.292. The fourth-order valence-corrected chi connectivity index (χ4v) is 4.95. The van der Waals surface area contributed by atoms with Crippen molar-refractivity contribution in [3.8, 4) is 11.3 Å². The maximum atomic E-state index is 13.0. The molecule has 2 heterocycles. The van der Waals surface area contributed by atoms with Crippen LogP contribution < -0.4 is 15.5 Å². The third-order valence-corrected chi connectivity index (χ3v) is 6.84. The zero-order chi connectivity index (χ0) is 26.3. The summed E-state index contributed by atoms with van der Waals surface area (Å²) < 4.78 is 5.50. The van der Waals surface area contributed by atoms with Crippen molar-refractivity contribution < 1.29 is 14.0 Å². The lowest BCUT2D eigenvalue weighted by Crippen LogP contribution is -2.51. The van der Waals surface area contributed by atoms with E-state index in [0.717, 1.165) is 48.7 Å². The smallest absolute Gasteiger partial charge is 0.256 e. The summed E-state index contributed by atoms with van der Waals surface area (Å²) in [6.07, 6.45) is 1.60. The van der Waals surface area contributed by atoms with Crippen LogP contribution >= 0.6 is 0 Å². The molecule has 3 aromatic carbocycles. The van der Waals surface area contributed by atoms with Crippen molar-refractivity contribution in [2.45, 2.75) is 13.0 Å². The predicted molar refractivity (Wildman–Crippen MR) is 150 cm³/mol. The number of likely N-dealkylation sites (N-methyl/N-ethyl adjacent to an activating group) is 1. The molecule has 1 aromatic heterocycles. The van der Waals surface area contributed by atoms with Crippen molar-refractivity contribution in [2.24, 2.45) is 0 Å². The van der Waals surface area contributed by atoms with Crippen molar-refractivity contribution >= 4 is 23.2 Å². The summed E-state index contributed by atoms with van der Waals surface area (Å²) >= 11 is 0. The quantitative estimate of drug-likeness (QED) is 0.342. The number of benzene rings is 3. The highest BCUT2D eigenvalue weighted by Gasteiger charge is 2.30. The second kappa shape index (κ2) is 11.8. The van der Waals surface area contributed by atoms with Crippen LogP contribution in [0.5, 0.6) is 0 Å². The molecular weight excluding hydrogens is 476 g/mol.